The summed E-state index contributed by atoms with van der Waals surface area (Å²) >= 11 is 1.12. The van der Waals surface area contributed by atoms with Crippen molar-refractivity contribution in [3.63, 3.8) is 0 Å². The van der Waals surface area contributed by atoms with Gasteiger partial charge in [0.05, 0.1) is 18.0 Å². The molecular weight excluding hydrogens is 435 g/mol. The third-order valence-corrected chi connectivity index (χ3v) is 8.04. The van der Waals surface area contributed by atoms with Gasteiger partial charge in [0.1, 0.15) is 17.0 Å². The van der Waals surface area contributed by atoms with Crippen molar-refractivity contribution in [3.8, 4) is 0 Å². The van der Waals surface area contributed by atoms with Gasteiger partial charge in [-0.1, -0.05) is 0 Å². The van der Waals surface area contributed by atoms with Crippen LogP contribution in [0.2, 0.25) is 0 Å². The number of anilines is 1. The molecule has 4 heterocycles. The van der Waals surface area contributed by atoms with Crippen LogP contribution in [-0.4, -0.2) is 39.0 Å². The van der Waals surface area contributed by atoms with Crippen molar-refractivity contribution in [1.82, 2.24) is 19.7 Å². The monoisotopic (exact) mass is 463 g/mol. The Kier molecular flexibility index (Phi) is 5.86. The third-order valence-electron chi connectivity index (χ3n) is 7.00. The molecule has 0 N–H and O–H groups in total. The van der Waals surface area contributed by atoms with E-state index in [1.807, 2.05) is 11.7 Å². The van der Waals surface area contributed by atoms with Crippen molar-refractivity contribution in [2.24, 2.45) is 13.0 Å². The fraction of sp³-hybridized carbons (Fsp3) is 0.609. The normalized spacial score (nSPS) is 22.2. The summed E-state index contributed by atoms with van der Waals surface area (Å²) in [5, 5.41) is 5.24. The van der Waals surface area contributed by atoms with Crippen LogP contribution in [-0.2, 0) is 19.9 Å². The quantitative estimate of drug-likeness (QED) is 0.502. The van der Waals surface area contributed by atoms with Crippen molar-refractivity contribution in [2.45, 2.75) is 63.5 Å². The van der Waals surface area contributed by atoms with Gasteiger partial charge in [0.15, 0.2) is 0 Å². The van der Waals surface area contributed by atoms with E-state index >= 15 is 0 Å². The second-order valence-electron chi connectivity index (χ2n) is 9.20. The molecular formula is C23H28F3N5S. The molecule has 1 aliphatic heterocycles. The second-order valence-corrected chi connectivity index (χ2v) is 10.3. The summed E-state index contributed by atoms with van der Waals surface area (Å²) in [5.41, 5.74) is 2.83. The van der Waals surface area contributed by atoms with Gasteiger partial charge < -0.3 is 4.90 Å². The molecule has 5 rings (SSSR count). The Bertz CT molecular complexity index is 1090. The Morgan fingerprint density at radius 2 is 2.00 bits per heavy atom. The SMILES string of the molecule is Cn1ncc2c1CCC[C@H]2C[C@@H]1CCCN(c2ncnc3sc(CC(F)(F)F)cc23)CC1. The highest BCUT2D eigenvalue weighted by molar-refractivity contribution is 7.18. The highest BCUT2D eigenvalue weighted by Gasteiger charge is 2.30. The zero-order chi connectivity index (χ0) is 22.3. The van der Waals surface area contributed by atoms with Crippen LogP contribution in [0.3, 0.4) is 0 Å². The van der Waals surface area contributed by atoms with Crippen molar-refractivity contribution in [1.29, 1.82) is 0 Å². The van der Waals surface area contributed by atoms with Crippen molar-refractivity contribution < 1.29 is 13.2 Å². The summed E-state index contributed by atoms with van der Waals surface area (Å²) in [6.45, 7) is 1.77. The number of fused-ring (bicyclic) bond motifs is 2. The Hall–Kier alpha value is -2.16. The first-order valence-electron chi connectivity index (χ1n) is 11.4. The smallest absolute Gasteiger partial charge is 0.356 e. The van der Waals surface area contributed by atoms with Crippen LogP contribution in [0.1, 0.15) is 60.6 Å². The summed E-state index contributed by atoms with van der Waals surface area (Å²) in [5.74, 6) is 2.03. The maximum atomic E-state index is 12.9. The Labute approximate surface area is 189 Å². The molecule has 1 aliphatic carbocycles. The number of alkyl halides is 3. The Balaban J connectivity index is 1.29. The zero-order valence-corrected chi connectivity index (χ0v) is 19.1. The van der Waals surface area contributed by atoms with Gasteiger partial charge in [-0.3, -0.25) is 4.68 Å². The van der Waals surface area contributed by atoms with Gasteiger partial charge in [-0.2, -0.15) is 18.3 Å². The van der Waals surface area contributed by atoms with E-state index in [4.69, 9.17) is 0 Å². The van der Waals surface area contributed by atoms with Crippen LogP contribution in [0.4, 0.5) is 19.0 Å². The van der Waals surface area contributed by atoms with Crippen LogP contribution in [0, 0.1) is 5.92 Å². The van der Waals surface area contributed by atoms with E-state index in [2.05, 4.69) is 26.2 Å². The summed E-state index contributed by atoms with van der Waals surface area (Å²) in [6.07, 6.45) is 6.55. The fourth-order valence-corrected chi connectivity index (χ4v) is 6.51. The predicted molar refractivity (Wildman–Crippen MR) is 120 cm³/mol. The summed E-state index contributed by atoms with van der Waals surface area (Å²) < 4.78 is 40.6. The highest BCUT2D eigenvalue weighted by Crippen LogP contribution is 2.39. The molecule has 0 unspecified atom stereocenters. The van der Waals surface area contributed by atoms with Gasteiger partial charge in [-0.25, -0.2) is 9.97 Å². The number of nitrogens with zero attached hydrogens (tertiary/aromatic N) is 5. The maximum absolute atomic E-state index is 12.9. The first kappa shape index (κ1) is 21.7. The predicted octanol–water partition coefficient (Wildman–Crippen LogP) is 5.65. The van der Waals surface area contributed by atoms with Gasteiger partial charge >= 0.3 is 6.18 Å². The fourth-order valence-electron chi connectivity index (χ4n) is 5.49. The van der Waals surface area contributed by atoms with Crippen LogP contribution in [0.25, 0.3) is 10.2 Å². The van der Waals surface area contributed by atoms with E-state index < -0.39 is 12.6 Å². The van der Waals surface area contributed by atoms with Gasteiger partial charge in [-0.05, 0) is 68.4 Å². The van der Waals surface area contributed by atoms with Crippen LogP contribution in [0.15, 0.2) is 18.6 Å². The van der Waals surface area contributed by atoms with E-state index in [-0.39, 0.29) is 0 Å². The molecule has 3 aromatic rings. The number of rotatable bonds is 4. The number of halogens is 3. The molecule has 1 fully saturated rings. The van der Waals surface area contributed by atoms with Crippen LogP contribution in [0.5, 0.6) is 0 Å². The number of thiophene rings is 1. The van der Waals surface area contributed by atoms with E-state index in [0.717, 1.165) is 54.9 Å². The Morgan fingerprint density at radius 1 is 1.12 bits per heavy atom. The molecule has 1 saturated heterocycles. The summed E-state index contributed by atoms with van der Waals surface area (Å²) in [7, 11) is 2.04. The highest BCUT2D eigenvalue weighted by atomic mass is 32.1. The summed E-state index contributed by atoms with van der Waals surface area (Å²) in [6, 6.07) is 1.64. The molecule has 32 heavy (non-hydrogen) atoms. The summed E-state index contributed by atoms with van der Waals surface area (Å²) in [4.78, 5) is 11.9. The van der Waals surface area contributed by atoms with Crippen LogP contribution < -0.4 is 4.90 Å². The van der Waals surface area contributed by atoms with Crippen molar-refractivity contribution >= 4 is 27.4 Å². The number of aromatic nitrogens is 4. The first-order valence-corrected chi connectivity index (χ1v) is 12.2. The molecule has 0 aromatic carbocycles. The minimum absolute atomic E-state index is 0.298. The molecule has 9 heteroatoms. The van der Waals surface area contributed by atoms with E-state index in [1.165, 1.54) is 43.3 Å². The minimum Gasteiger partial charge on any atom is -0.356 e. The lowest BCUT2D eigenvalue weighted by atomic mass is 9.79. The number of hydrogen-bond acceptors (Lipinski definition) is 5. The lowest BCUT2D eigenvalue weighted by molar-refractivity contribution is -0.126. The molecule has 0 saturated carbocycles. The van der Waals surface area contributed by atoms with E-state index in [0.29, 0.717) is 21.5 Å². The molecule has 0 radical (unpaired) electrons. The largest absolute Gasteiger partial charge is 0.393 e. The van der Waals surface area contributed by atoms with E-state index in [9.17, 15) is 13.2 Å². The molecule has 2 aliphatic rings. The van der Waals surface area contributed by atoms with Crippen LogP contribution >= 0.6 is 11.3 Å². The third kappa shape index (κ3) is 4.49. The lowest BCUT2D eigenvalue weighted by Crippen LogP contribution is -2.25. The molecule has 5 nitrogen and oxygen atoms in total. The number of hydrogen-bond donors (Lipinski definition) is 0. The second kappa shape index (κ2) is 8.65. The van der Waals surface area contributed by atoms with Gasteiger partial charge in [0.2, 0.25) is 0 Å². The topological polar surface area (TPSA) is 46.8 Å². The standard InChI is InChI=1S/C23H28F3N5S/c1-30-20-6-2-5-16(19(20)13-29-30)10-15-4-3-8-31(9-7-15)21-18-11-17(12-23(24,25)26)32-22(18)28-14-27-21/h11,13-16H,2-10,12H2,1H3/t15-,16+/m1/s1. The zero-order valence-electron chi connectivity index (χ0n) is 18.2. The molecule has 172 valence electrons. The molecule has 3 aromatic heterocycles. The van der Waals surface area contributed by atoms with Crippen molar-refractivity contribution in [3.05, 3.63) is 34.7 Å². The van der Waals surface area contributed by atoms with Gasteiger partial charge in [-0.15, -0.1) is 11.3 Å². The number of aryl methyl sites for hydroxylation is 1. The Morgan fingerprint density at radius 3 is 2.84 bits per heavy atom. The molecule has 0 spiro atoms. The van der Waals surface area contributed by atoms with Crippen molar-refractivity contribution in [2.75, 3.05) is 18.0 Å². The molecule has 0 bridgehead atoms. The van der Waals surface area contributed by atoms with Gasteiger partial charge in [0, 0.05) is 30.7 Å². The lowest BCUT2D eigenvalue weighted by Gasteiger charge is -2.27. The minimum atomic E-state index is -4.21. The first-order chi connectivity index (χ1) is 15.4. The average molecular weight is 464 g/mol. The maximum Gasteiger partial charge on any atom is 0.393 e. The molecule has 2 atom stereocenters. The molecule has 0 amide bonds. The van der Waals surface area contributed by atoms with Gasteiger partial charge in [0.25, 0.3) is 0 Å². The van der Waals surface area contributed by atoms with E-state index in [1.54, 1.807) is 6.07 Å². The average Bonchev–Trinajstić information content (AvgIpc) is 3.23.